The van der Waals surface area contributed by atoms with Crippen molar-refractivity contribution in [2.75, 3.05) is 0 Å². The molecule has 2 N–H and O–H groups in total. The highest BCUT2D eigenvalue weighted by molar-refractivity contribution is 5.41. The van der Waals surface area contributed by atoms with Gasteiger partial charge in [0.15, 0.2) is 0 Å². The normalized spacial score (nSPS) is 17.1. The minimum Gasteiger partial charge on any atom is -0.489 e. The Labute approximate surface area is 120 Å². The number of rotatable bonds is 3. The number of nitrogens with two attached hydrogens (primary N) is 1. The van der Waals surface area contributed by atoms with Gasteiger partial charge in [-0.15, -0.1) is 0 Å². The van der Waals surface area contributed by atoms with Crippen molar-refractivity contribution >= 4 is 0 Å². The van der Waals surface area contributed by atoms with Gasteiger partial charge in [0.2, 0.25) is 0 Å². The van der Waals surface area contributed by atoms with Crippen LogP contribution in [0.2, 0.25) is 0 Å². The Morgan fingerprint density at radius 3 is 2.65 bits per heavy atom. The topological polar surface area (TPSA) is 35.2 Å². The standard InChI is InChI=1S/C18H21NO/c1-12-4-3-5-13(2)17(12)11-20-15-7-8-16-14(10-15)6-9-18(16)19/h3-5,7-8,10,18H,6,9,11,19H2,1-2H3/t18-/m1/s1. The fourth-order valence-electron chi connectivity index (χ4n) is 2.95. The van der Waals surface area contributed by atoms with Gasteiger partial charge in [0, 0.05) is 6.04 Å². The van der Waals surface area contributed by atoms with Gasteiger partial charge in [0.25, 0.3) is 0 Å². The van der Waals surface area contributed by atoms with Gasteiger partial charge in [-0.3, -0.25) is 0 Å². The van der Waals surface area contributed by atoms with Gasteiger partial charge in [-0.05, 0) is 66.6 Å². The number of hydrogen-bond acceptors (Lipinski definition) is 2. The zero-order valence-electron chi connectivity index (χ0n) is 12.1. The minimum absolute atomic E-state index is 0.206. The maximum absolute atomic E-state index is 6.06. The van der Waals surface area contributed by atoms with Gasteiger partial charge in [0.1, 0.15) is 12.4 Å². The largest absolute Gasteiger partial charge is 0.489 e. The summed E-state index contributed by atoms with van der Waals surface area (Å²) >= 11 is 0. The average Bonchev–Trinajstić information content (AvgIpc) is 2.79. The summed E-state index contributed by atoms with van der Waals surface area (Å²) in [5, 5.41) is 0. The van der Waals surface area contributed by atoms with E-state index < -0.39 is 0 Å². The highest BCUT2D eigenvalue weighted by Crippen LogP contribution is 2.32. The first-order valence-electron chi connectivity index (χ1n) is 7.21. The molecule has 0 aliphatic heterocycles. The van der Waals surface area contributed by atoms with Crippen molar-refractivity contribution in [1.29, 1.82) is 0 Å². The molecule has 3 rings (SSSR count). The molecule has 0 radical (unpaired) electrons. The molecule has 0 fully saturated rings. The van der Waals surface area contributed by atoms with E-state index in [4.69, 9.17) is 10.5 Å². The van der Waals surface area contributed by atoms with E-state index in [1.54, 1.807) is 0 Å². The van der Waals surface area contributed by atoms with Crippen molar-refractivity contribution < 1.29 is 4.74 Å². The lowest BCUT2D eigenvalue weighted by atomic mass is 10.0. The Morgan fingerprint density at radius 2 is 1.90 bits per heavy atom. The molecule has 2 aromatic rings. The van der Waals surface area contributed by atoms with E-state index in [0.29, 0.717) is 6.61 Å². The second kappa shape index (κ2) is 5.29. The zero-order valence-corrected chi connectivity index (χ0v) is 12.1. The van der Waals surface area contributed by atoms with Gasteiger partial charge in [-0.2, -0.15) is 0 Å². The number of aryl methyl sites for hydroxylation is 3. The van der Waals surface area contributed by atoms with Crippen molar-refractivity contribution in [3.05, 3.63) is 64.2 Å². The maximum Gasteiger partial charge on any atom is 0.120 e. The van der Waals surface area contributed by atoms with E-state index in [9.17, 15) is 0 Å². The second-order valence-corrected chi connectivity index (χ2v) is 5.66. The van der Waals surface area contributed by atoms with E-state index >= 15 is 0 Å². The molecule has 1 atom stereocenters. The quantitative estimate of drug-likeness (QED) is 0.917. The molecule has 0 unspecified atom stereocenters. The van der Waals surface area contributed by atoms with Crippen molar-refractivity contribution in [1.82, 2.24) is 0 Å². The molecular formula is C18H21NO. The first kappa shape index (κ1) is 13.2. The smallest absolute Gasteiger partial charge is 0.120 e. The van der Waals surface area contributed by atoms with Crippen LogP contribution < -0.4 is 10.5 Å². The molecule has 104 valence electrons. The van der Waals surface area contributed by atoms with E-state index in [1.165, 1.54) is 27.8 Å². The summed E-state index contributed by atoms with van der Waals surface area (Å²) in [7, 11) is 0. The summed E-state index contributed by atoms with van der Waals surface area (Å²) in [5.74, 6) is 0.945. The van der Waals surface area contributed by atoms with Crippen LogP contribution in [0, 0.1) is 13.8 Å². The fraction of sp³-hybridized carbons (Fsp3) is 0.333. The van der Waals surface area contributed by atoms with Gasteiger partial charge >= 0.3 is 0 Å². The number of benzene rings is 2. The Morgan fingerprint density at radius 1 is 1.15 bits per heavy atom. The van der Waals surface area contributed by atoms with Crippen molar-refractivity contribution in [3.8, 4) is 5.75 Å². The molecule has 2 aromatic carbocycles. The third kappa shape index (κ3) is 2.44. The Balaban J connectivity index is 1.76. The van der Waals surface area contributed by atoms with Crippen LogP contribution in [0.1, 0.15) is 40.3 Å². The van der Waals surface area contributed by atoms with E-state index in [0.717, 1.165) is 18.6 Å². The summed E-state index contributed by atoms with van der Waals surface area (Å²) in [6, 6.07) is 12.9. The average molecular weight is 267 g/mol. The lowest BCUT2D eigenvalue weighted by molar-refractivity contribution is 0.304. The summed E-state index contributed by atoms with van der Waals surface area (Å²) in [4.78, 5) is 0. The van der Waals surface area contributed by atoms with Crippen molar-refractivity contribution in [2.24, 2.45) is 5.73 Å². The first-order chi connectivity index (χ1) is 9.65. The Kier molecular flexibility index (Phi) is 3.49. The van der Waals surface area contributed by atoms with Crippen LogP contribution >= 0.6 is 0 Å². The monoisotopic (exact) mass is 267 g/mol. The lowest BCUT2D eigenvalue weighted by Gasteiger charge is -2.12. The van der Waals surface area contributed by atoms with Crippen molar-refractivity contribution in [2.45, 2.75) is 39.3 Å². The van der Waals surface area contributed by atoms with Gasteiger partial charge in [-0.25, -0.2) is 0 Å². The van der Waals surface area contributed by atoms with E-state index in [2.05, 4.69) is 44.2 Å². The summed E-state index contributed by atoms with van der Waals surface area (Å²) in [5.41, 5.74) is 12.5. The number of hydrogen-bond donors (Lipinski definition) is 1. The molecule has 0 saturated heterocycles. The van der Waals surface area contributed by atoms with Gasteiger partial charge < -0.3 is 10.5 Å². The zero-order chi connectivity index (χ0) is 14.1. The van der Waals surface area contributed by atoms with Crippen LogP contribution in [-0.4, -0.2) is 0 Å². The van der Waals surface area contributed by atoms with Crippen LogP contribution in [-0.2, 0) is 13.0 Å². The maximum atomic E-state index is 6.06. The molecule has 1 aliphatic rings. The minimum atomic E-state index is 0.206. The molecule has 2 heteroatoms. The van der Waals surface area contributed by atoms with Gasteiger partial charge in [0.05, 0.1) is 0 Å². The predicted octanol–water partition coefficient (Wildman–Crippen LogP) is 3.83. The molecule has 0 amide bonds. The van der Waals surface area contributed by atoms with Crippen LogP contribution in [0.4, 0.5) is 0 Å². The van der Waals surface area contributed by atoms with E-state index in [-0.39, 0.29) is 6.04 Å². The highest BCUT2D eigenvalue weighted by atomic mass is 16.5. The molecule has 0 spiro atoms. The Bertz CT molecular complexity index is 613. The van der Waals surface area contributed by atoms with Crippen LogP contribution in [0.25, 0.3) is 0 Å². The molecule has 0 aromatic heterocycles. The van der Waals surface area contributed by atoms with E-state index in [1.807, 2.05) is 6.07 Å². The molecular weight excluding hydrogens is 246 g/mol. The molecule has 0 bridgehead atoms. The molecule has 1 aliphatic carbocycles. The van der Waals surface area contributed by atoms with Crippen molar-refractivity contribution in [3.63, 3.8) is 0 Å². The SMILES string of the molecule is Cc1cccc(C)c1COc1ccc2c(c1)CC[C@H]2N. The fourth-order valence-corrected chi connectivity index (χ4v) is 2.95. The molecule has 0 saturated carbocycles. The van der Waals surface area contributed by atoms with Crippen LogP contribution in [0.3, 0.4) is 0 Å². The van der Waals surface area contributed by atoms with Crippen LogP contribution in [0.15, 0.2) is 36.4 Å². The third-order valence-electron chi connectivity index (χ3n) is 4.27. The predicted molar refractivity (Wildman–Crippen MR) is 81.9 cm³/mol. The third-order valence-corrected chi connectivity index (χ3v) is 4.27. The summed E-state index contributed by atoms with van der Waals surface area (Å²) < 4.78 is 5.97. The van der Waals surface area contributed by atoms with Gasteiger partial charge in [-0.1, -0.05) is 24.3 Å². The molecule has 20 heavy (non-hydrogen) atoms. The summed E-state index contributed by atoms with van der Waals surface area (Å²) in [6.45, 7) is 4.89. The first-order valence-corrected chi connectivity index (χ1v) is 7.21. The molecule has 0 heterocycles. The highest BCUT2D eigenvalue weighted by Gasteiger charge is 2.19. The van der Waals surface area contributed by atoms with Crippen LogP contribution in [0.5, 0.6) is 5.75 Å². The number of fused-ring (bicyclic) bond motifs is 1. The second-order valence-electron chi connectivity index (χ2n) is 5.66. The lowest BCUT2D eigenvalue weighted by Crippen LogP contribution is -2.05. The Hall–Kier alpha value is -1.80. The number of ether oxygens (including phenoxy) is 1. The molecule has 2 nitrogen and oxygen atoms in total. The summed E-state index contributed by atoms with van der Waals surface area (Å²) in [6.07, 6.45) is 2.12.